The van der Waals surface area contributed by atoms with E-state index in [4.69, 9.17) is 0 Å². The predicted octanol–water partition coefficient (Wildman–Crippen LogP) is 3.35. The monoisotopic (exact) mass is 370 g/mol. The van der Waals surface area contributed by atoms with Crippen molar-refractivity contribution < 1.29 is 8.42 Å². The molecule has 0 saturated heterocycles. The third-order valence-corrected chi connectivity index (χ3v) is 6.33. The van der Waals surface area contributed by atoms with Crippen LogP contribution in [0.1, 0.15) is 50.0 Å². The van der Waals surface area contributed by atoms with Crippen LogP contribution < -0.4 is 10.0 Å². The largest absolute Gasteiger partial charge is 0.313 e. The number of benzene rings is 1. The van der Waals surface area contributed by atoms with Crippen molar-refractivity contribution in [3.05, 3.63) is 41.5 Å². The number of hydrogen-bond donors (Lipinski definition) is 2. The second kappa shape index (κ2) is 8.99. The van der Waals surface area contributed by atoms with Crippen molar-refractivity contribution in [2.24, 2.45) is 0 Å². The Hall–Kier alpha value is -0.880. The van der Waals surface area contributed by atoms with E-state index in [2.05, 4.69) is 16.1 Å². The normalized spacial score (nSPS) is 19.4. The van der Waals surface area contributed by atoms with Crippen molar-refractivity contribution in [2.45, 2.75) is 49.3 Å². The lowest BCUT2D eigenvalue weighted by atomic mass is 9.84. The molecule has 0 aromatic heterocycles. The lowest BCUT2D eigenvalue weighted by Gasteiger charge is -2.22. The van der Waals surface area contributed by atoms with Crippen LogP contribution in [0, 0.1) is 0 Å². The van der Waals surface area contributed by atoms with Gasteiger partial charge in [0.25, 0.3) is 0 Å². The van der Waals surface area contributed by atoms with Crippen LogP contribution in [0.5, 0.6) is 0 Å². The highest BCUT2D eigenvalue weighted by Crippen LogP contribution is 2.32. The molecule has 1 aromatic carbocycles. The molecule has 1 aromatic rings. The molecular formula is C18H27ClN2O2S. The molecule has 3 rings (SSSR count). The van der Waals surface area contributed by atoms with E-state index >= 15 is 0 Å². The van der Waals surface area contributed by atoms with Crippen LogP contribution in [0.4, 0.5) is 0 Å². The average molecular weight is 371 g/mol. The maximum atomic E-state index is 12.4. The van der Waals surface area contributed by atoms with Gasteiger partial charge in [-0.3, -0.25) is 0 Å². The van der Waals surface area contributed by atoms with E-state index in [9.17, 15) is 8.42 Å². The number of halogens is 1. The van der Waals surface area contributed by atoms with E-state index in [0.717, 1.165) is 25.1 Å². The highest BCUT2D eigenvalue weighted by atomic mass is 35.5. The molecule has 1 saturated carbocycles. The van der Waals surface area contributed by atoms with Gasteiger partial charge in [-0.2, -0.15) is 0 Å². The van der Waals surface area contributed by atoms with Crippen LogP contribution in [0.2, 0.25) is 0 Å². The first-order valence-electron chi connectivity index (χ1n) is 8.63. The summed E-state index contributed by atoms with van der Waals surface area (Å²) in [5, 5.41) is 3.23. The molecular weight excluding hydrogens is 344 g/mol. The van der Waals surface area contributed by atoms with Crippen molar-refractivity contribution in [3.8, 4) is 0 Å². The molecule has 0 radical (unpaired) electrons. The summed E-state index contributed by atoms with van der Waals surface area (Å²) < 4.78 is 27.5. The minimum Gasteiger partial charge on any atom is -0.313 e. The molecule has 1 aliphatic carbocycles. The van der Waals surface area contributed by atoms with Crippen molar-refractivity contribution >= 4 is 22.4 Å². The molecule has 6 heteroatoms. The first-order chi connectivity index (χ1) is 11.1. The molecule has 24 heavy (non-hydrogen) atoms. The van der Waals surface area contributed by atoms with E-state index < -0.39 is 10.0 Å². The van der Waals surface area contributed by atoms with Gasteiger partial charge in [-0.25, -0.2) is 13.1 Å². The summed E-state index contributed by atoms with van der Waals surface area (Å²) in [6, 6.07) is 7.49. The Balaban J connectivity index is 0.00000208. The molecule has 1 fully saturated rings. The maximum absolute atomic E-state index is 12.4. The van der Waals surface area contributed by atoms with Gasteiger partial charge in [0.15, 0.2) is 0 Å². The summed E-state index contributed by atoms with van der Waals surface area (Å²) in [7, 11) is -3.42. The number of hydrogen-bond acceptors (Lipinski definition) is 3. The van der Waals surface area contributed by atoms with Gasteiger partial charge in [-0.15, -0.1) is 12.4 Å². The summed E-state index contributed by atoms with van der Waals surface area (Å²) in [5.41, 5.74) is 2.44. The molecule has 0 amide bonds. The van der Waals surface area contributed by atoms with Crippen LogP contribution in [0.15, 0.2) is 40.8 Å². The number of nitrogens with one attached hydrogen (secondary N) is 2. The zero-order chi connectivity index (χ0) is 16.1. The number of sulfonamides is 1. The van der Waals surface area contributed by atoms with Crippen molar-refractivity contribution in [1.82, 2.24) is 10.0 Å². The molecule has 2 aliphatic rings. The van der Waals surface area contributed by atoms with Gasteiger partial charge in [0.05, 0.1) is 4.90 Å². The van der Waals surface area contributed by atoms with E-state index in [-0.39, 0.29) is 12.4 Å². The van der Waals surface area contributed by atoms with Gasteiger partial charge in [0.2, 0.25) is 10.0 Å². The third kappa shape index (κ3) is 5.06. The second-order valence-electron chi connectivity index (χ2n) is 6.55. The Morgan fingerprint density at radius 1 is 1.08 bits per heavy atom. The van der Waals surface area contributed by atoms with E-state index in [1.54, 1.807) is 12.1 Å². The van der Waals surface area contributed by atoms with Gasteiger partial charge in [-0.1, -0.05) is 43.0 Å². The first kappa shape index (κ1) is 19.4. The minimum absolute atomic E-state index is 0. The van der Waals surface area contributed by atoms with E-state index in [1.165, 1.54) is 37.7 Å². The van der Waals surface area contributed by atoms with Gasteiger partial charge < -0.3 is 5.32 Å². The minimum atomic E-state index is -3.42. The summed E-state index contributed by atoms with van der Waals surface area (Å²) in [5.74, 6) is 0.605. The number of rotatable bonds is 5. The molecule has 0 unspecified atom stereocenters. The van der Waals surface area contributed by atoms with Crippen LogP contribution in [-0.4, -0.2) is 28.1 Å². The van der Waals surface area contributed by atoms with Crippen molar-refractivity contribution in [3.63, 3.8) is 0 Å². The lowest BCUT2D eigenvalue weighted by Crippen LogP contribution is -2.29. The van der Waals surface area contributed by atoms with Crippen LogP contribution in [-0.2, 0) is 10.0 Å². The Labute approximate surface area is 151 Å². The van der Waals surface area contributed by atoms with Gasteiger partial charge in [-0.05, 0) is 49.4 Å². The highest BCUT2D eigenvalue weighted by Gasteiger charge is 2.18. The molecule has 0 spiro atoms. The third-order valence-electron chi connectivity index (χ3n) is 4.91. The fourth-order valence-electron chi connectivity index (χ4n) is 3.46. The molecule has 1 aliphatic heterocycles. The second-order valence-corrected chi connectivity index (χ2v) is 8.31. The first-order valence-corrected chi connectivity index (χ1v) is 10.1. The maximum Gasteiger partial charge on any atom is 0.240 e. The Kier molecular flexibility index (Phi) is 7.29. The zero-order valence-electron chi connectivity index (χ0n) is 14.0. The van der Waals surface area contributed by atoms with Crippen LogP contribution in [0.3, 0.4) is 0 Å². The summed E-state index contributed by atoms with van der Waals surface area (Å²) in [6.45, 7) is 2.16. The SMILES string of the molecule is Cl.O=S(=O)(NCC1=CCNCC1)c1ccc(C2CCCCC2)cc1. The van der Waals surface area contributed by atoms with Crippen LogP contribution in [0.25, 0.3) is 0 Å². The highest BCUT2D eigenvalue weighted by molar-refractivity contribution is 7.89. The summed E-state index contributed by atoms with van der Waals surface area (Å²) in [6.07, 6.45) is 9.34. The Morgan fingerprint density at radius 2 is 1.79 bits per heavy atom. The molecule has 4 nitrogen and oxygen atoms in total. The average Bonchev–Trinajstić information content (AvgIpc) is 2.62. The van der Waals surface area contributed by atoms with Crippen molar-refractivity contribution in [2.75, 3.05) is 19.6 Å². The lowest BCUT2D eigenvalue weighted by molar-refractivity contribution is 0.443. The van der Waals surface area contributed by atoms with Gasteiger partial charge in [0.1, 0.15) is 0 Å². The fraction of sp³-hybridized carbons (Fsp3) is 0.556. The van der Waals surface area contributed by atoms with E-state index in [0.29, 0.717) is 17.4 Å². The molecule has 0 bridgehead atoms. The zero-order valence-corrected chi connectivity index (χ0v) is 15.6. The standard InChI is InChI=1S/C18H26N2O2S.ClH/c21-23(22,20-14-15-10-12-19-13-11-15)18-8-6-17(7-9-18)16-4-2-1-3-5-16;/h6-10,16,19-20H,1-5,11-14H2;1H. The molecule has 1 heterocycles. The topological polar surface area (TPSA) is 58.2 Å². The summed E-state index contributed by atoms with van der Waals surface area (Å²) >= 11 is 0. The fourth-order valence-corrected chi connectivity index (χ4v) is 4.49. The van der Waals surface area contributed by atoms with Gasteiger partial charge >= 0.3 is 0 Å². The predicted molar refractivity (Wildman–Crippen MR) is 100 cm³/mol. The van der Waals surface area contributed by atoms with Gasteiger partial charge in [0, 0.05) is 13.1 Å². The Morgan fingerprint density at radius 3 is 2.42 bits per heavy atom. The molecule has 134 valence electrons. The summed E-state index contributed by atoms with van der Waals surface area (Å²) in [4.78, 5) is 0.367. The quantitative estimate of drug-likeness (QED) is 0.781. The van der Waals surface area contributed by atoms with Crippen LogP contribution >= 0.6 is 12.4 Å². The molecule has 0 atom stereocenters. The van der Waals surface area contributed by atoms with Crippen molar-refractivity contribution in [1.29, 1.82) is 0 Å². The molecule has 2 N–H and O–H groups in total. The van der Waals surface area contributed by atoms with E-state index in [1.807, 2.05) is 12.1 Å². The Bertz CT molecular complexity index is 650. The smallest absolute Gasteiger partial charge is 0.240 e.